The van der Waals surface area contributed by atoms with Crippen molar-refractivity contribution in [1.29, 1.82) is 0 Å². The minimum Gasteiger partial charge on any atom is -0.491 e. The molecule has 1 heterocycles. The minimum atomic E-state index is -0.700. The van der Waals surface area contributed by atoms with Crippen LogP contribution in [0.4, 0.5) is 0 Å². The molecule has 132 valence electrons. The van der Waals surface area contributed by atoms with Gasteiger partial charge in [-0.1, -0.05) is 25.5 Å². The van der Waals surface area contributed by atoms with Crippen molar-refractivity contribution < 1.29 is 9.57 Å². The SMILES string of the molecule is CCCC(C)Oc1ccc(CON2C(N)=NC(N)=NC2(C)C)cc1. The third-order valence-electron chi connectivity index (χ3n) is 3.64. The number of benzene rings is 1. The summed E-state index contributed by atoms with van der Waals surface area (Å²) in [6.07, 6.45) is 2.36. The number of nitrogens with two attached hydrogens (primary N) is 2. The maximum atomic E-state index is 5.89. The first-order chi connectivity index (χ1) is 11.3. The van der Waals surface area contributed by atoms with Crippen LogP contribution in [0.3, 0.4) is 0 Å². The average Bonchev–Trinajstić information content (AvgIpc) is 2.47. The summed E-state index contributed by atoms with van der Waals surface area (Å²) in [6.45, 7) is 8.28. The Balaban J connectivity index is 1.94. The van der Waals surface area contributed by atoms with Crippen molar-refractivity contribution in [2.75, 3.05) is 0 Å². The summed E-state index contributed by atoms with van der Waals surface area (Å²) in [4.78, 5) is 13.9. The van der Waals surface area contributed by atoms with Crippen LogP contribution in [0.25, 0.3) is 0 Å². The van der Waals surface area contributed by atoms with E-state index in [-0.39, 0.29) is 18.0 Å². The summed E-state index contributed by atoms with van der Waals surface area (Å²) in [5, 5.41) is 1.47. The standard InChI is InChI=1S/C17H27N5O2/c1-5-6-12(2)24-14-9-7-13(8-10-14)11-23-22-16(19)20-15(18)21-17(22,3)4/h7-10,12H,5-6,11H2,1-4H3,(H4,18,19,20,21). The lowest BCUT2D eigenvalue weighted by molar-refractivity contribution is -0.166. The van der Waals surface area contributed by atoms with Crippen LogP contribution in [-0.4, -0.2) is 28.7 Å². The van der Waals surface area contributed by atoms with Crippen molar-refractivity contribution in [3.8, 4) is 5.75 Å². The third-order valence-corrected chi connectivity index (χ3v) is 3.64. The maximum absolute atomic E-state index is 5.89. The minimum absolute atomic E-state index is 0.153. The molecule has 1 unspecified atom stereocenters. The number of guanidine groups is 2. The molecule has 0 radical (unpaired) electrons. The first-order valence-electron chi connectivity index (χ1n) is 8.20. The van der Waals surface area contributed by atoms with E-state index in [2.05, 4.69) is 23.8 Å². The molecule has 0 aliphatic carbocycles. The van der Waals surface area contributed by atoms with Crippen molar-refractivity contribution in [2.45, 2.75) is 58.9 Å². The summed E-state index contributed by atoms with van der Waals surface area (Å²) in [7, 11) is 0. The Kier molecular flexibility index (Phi) is 5.66. The van der Waals surface area contributed by atoms with E-state index >= 15 is 0 Å². The Morgan fingerprint density at radius 1 is 1.21 bits per heavy atom. The molecule has 0 fully saturated rings. The van der Waals surface area contributed by atoms with Gasteiger partial charge in [0.1, 0.15) is 12.4 Å². The van der Waals surface area contributed by atoms with Crippen LogP contribution in [0.5, 0.6) is 5.75 Å². The molecule has 2 rings (SSSR count). The molecule has 24 heavy (non-hydrogen) atoms. The molecule has 1 aliphatic rings. The van der Waals surface area contributed by atoms with E-state index < -0.39 is 5.66 Å². The summed E-state index contributed by atoms with van der Waals surface area (Å²) < 4.78 is 5.84. The second-order valence-electron chi connectivity index (χ2n) is 6.36. The lowest BCUT2D eigenvalue weighted by Crippen LogP contribution is -2.53. The predicted octanol–water partition coefficient (Wildman–Crippen LogP) is 2.37. The van der Waals surface area contributed by atoms with Crippen LogP contribution >= 0.6 is 0 Å². The lowest BCUT2D eigenvalue weighted by Gasteiger charge is -2.36. The van der Waals surface area contributed by atoms with Gasteiger partial charge in [-0.05, 0) is 44.9 Å². The summed E-state index contributed by atoms with van der Waals surface area (Å²) in [5.41, 5.74) is 11.8. The van der Waals surface area contributed by atoms with Gasteiger partial charge in [-0.2, -0.15) is 10.1 Å². The van der Waals surface area contributed by atoms with Crippen LogP contribution in [0.2, 0.25) is 0 Å². The van der Waals surface area contributed by atoms with E-state index in [0.29, 0.717) is 6.61 Å². The Morgan fingerprint density at radius 3 is 2.46 bits per heavy atom. The molecule has 0 aromatic heterocycles. The van der Waals surface area contributed by atoms with Gasteiger partial charge in [0, 0.05) is 0 Å². The van der Waals surface area contributed by atoms with Gasteiger partial charge in [-0.15, -0.1) is 0 Å². The molecule has 1 aliphatic heterocycles. The zero-order valence-corrected chi connectivity index (χ0v) is 14.8. The van der Waals surface area contributed by atoms with Gasteiger partial charge < -0.3 is 16.2 Å². The Morgan fingerprint density at radius 2 is 1.88 bits per heavy atom. The van der Waals surface area contributed by atoms with E-state index in [4.69, 9.17) is 21.0 Å². The fourth-order valence-electron chi connectivity index (χ4n) is 2.52. The summed E-state index contributed by atoms with van der Waals surface area (Å²) >= 11 is 0. The van der Waals surface area contributed by atoms with Crippen molar-refractivity contribution in [3.63, 3.8) is 0 Å². The molecular weight excluding hydrogens is 306 g/mol. The van der Waals surface area contributed by atoms with E-state index in [0.717, 1.165) is 24.2 Å². The fraction of sp³-hybridized carbons (Fsp3) is 0.529. The van der Waals surface area contributed by atoms with Gasteiger partial charge in [0.2, 0.25) is 11.9 Å². The number of hydrogen-bond donors (Lipinski definition) is 2. The van der Waals surface area contributed by atoms with Crippen LogP contribution in [-0.2, 0) is 11.4 Å². The van der Waals surface area contributed by atoms with E-state index in [9.17, 15) is 0 Å². The van der Waals surface area contributed by atoms with Crippen molar-refractivity contribution in [3.05, 3.63) is 29.8 Å². The highest BCUT2D eigenvalue weighted by atomic mass is 16.7. The zero-order chi connectivity index (χ0) is 17.7. The van der Waals surface area contributed by atoms with E-state index in [1.165, 1.54) is 5.06 Å². The second kappa shape index (κ2) is 7.53. The molecular formula is C17H27N5O2. The number of nitrogens with zero attached hydrogens (tertiary/aromatic N) is 3. The molecule has 0 bridgehead atoms. The molecule has 0 saturated heterocycles. The molecule has 7 nitrogen and oxygen atoms in total. The van der Waals surface area contributed by atoms with Crippen molar-refractivity contribution >= 4 is 11.9 Å². The van der Waals surface area contributed by atoms with Gasteiger partial charge in [0.05, 0.1) is 6.10 Å². The number of rotatable bonds is 7. The Labute approximate surface area is 143 Å². The molecule has 1 aromatic carbocycles. The second-order valence-corrected chi connectivity index (χ2v) is 6.36. The predicted molar refractivity (Wildman–Crippen MR) is 95.4 cm³/mol. The third kappa shape index (κ3) is 4.61. The molecule has 0 amide bonds. The molecule has 0 saturated carbocycles. The quantitative estimate of drug-likeness (QED) is 0.798. The molecule has 1 atom stereocenters. The average molecular weight is 333 g/mol. The number of hydrogen-bond acceptors (Lipinski definition) is 7. The van der Waals surface area contributed by atoms with Gasteiger partial charge in [0.25, 0.3) is 0 Å². The van der Waals surface area contributed by atoms with Crippen LogP contribution in [0.15, 0.2) is 34.3 Å². The zero-order valence-electron chi connectivity index (χ0n) is 14.8. The van der Waals surface area contributed by atoms with Crippen molar-refractivity contribution in [2.24, 2.45) is 21.5 Å². The largest absolute Gasteiger partial charge is 0.491 e. The summed E-state index contributed by atoms with van der Waals surface area (Å²) in [5.74, 6) is 1.21. The molecule has 4 N–H and O–H groups in total. The fourth-order valence-corrected chi connectivity index (χ4v) is 2.52. The summed E-state index contributed by atoms with van der Waals surface area (Å²) in [6, 6.07) is 7.82. The topological polar surface area (TPSA) is 98.5 Å². The lowest BCUT2D eigenvalue weighted by atomic mass is 10.2. The van der Waals surface area contributed by atoms with Crippen molar-refractivity contribution in [1.82, 2.24) is 5.06 Å². The highest BCUT2D eigenvalue weighted by Crippen LogP contribution is 2.22. The number of ether oxygens (including phenoxy) is 1. The van der Waals surface area contributed by atoms with Gasteiger partial charge in [0.15, 0.2) is 5.66 Å². The molecule has 7 heteroatoms. The number of aliphatic imine (C=N–C) groups is 2. The van der Waals surface area contributed by atoms with E-state index in [1.807, 2.05) is 38.1 Å². The van der Waals surface area contributed by atoms with Crippen LogP contribution in [0.1, 0.15) is 46.1 Å². The van der Waals surface area contributed by atoms with Gasteiger partial charge >= 0.3 is 0 Å². The van der Waals surface area contributed by atoms with Gasteiger partial charge in [-0.3, -0.25) is 4.84 Å². The van der Waals surface area contributed by atoms with Gasteiger partial charge in [-0.25, -0.2) is 4.99 Å². The highest BCUT2D eigenvalue weighted by molar-refractivity contribution is 5.95. The van der Waals surface area contributed by atoms with Crippen LogP contribution in [0, 0.1) is 0 Å². The number of hydroxylamine groups is 2. The normalized spacial score (nSPS) is 17.9. The molecule has 0 spiro atoms. The smallest absolute Gasteiger partial charge is 0.226 e. The first-order valence-corrected chi connectivity index (χ1v) is 8.20. The first kappa shape index (κ1) is 18.1. The Hall–Kier alpha value is -2.28. The molecule has 1 aromatic rings. The monoisotopic (exact) mass is 333 g/mol. The highest BCUT2D eigenvalue weighted by Gasteiger charge is 2.33. The Bertz CT molecular complexity index is 610. The van der Waals surface area contributed by atoms with Crippen LogP contribution < -0.4 is 16.2 Å². The maximum Gasteiger partial charge on any atom is 0.226 e. The van der Waals surface area contributed by atoms with E-state index in [1.54, 1.807) is 0 Å².